The first kappa shape index (κ1) is 14.2. The van der Waals surface area contributed by atoms with Gasteiger partial charge in [0.25, 0.3) is 0 Å². The minimum Gasteiger partial charge on any atom is -0.308 e. The van der Waals surface area contributed by atoms with Crippen molar-refractivity contribution < 1.29 is 0 Å². The summed E-state index contributed by atoms with van der Waals surface area (Å²) in [5, 5.41) is 3.72. The van der Waals surface area contributed by atoms with Crippen molar-refractivity contribution >= 4 is 0 Å². The Morgan fingerprint density at radius 1 is 1.06 bits per heavy atom. The summed E-state index contributed by atoms with van der Waals surface area (Å²) in [5.41, 5.74) is 1.36. The molecule has 0 amide bonds. The van der Waals surface area contributed by atoms with Gasteiger partial charge in [0.2, 0.25) is 0 Å². The van der Waals surface area contributed by atoms with Gasteiger partial charge in [0.1, 0.15) is 0 Å². The molecule has 0 aliphatic carbocycles. The third kappa shape index (κ3) is 4.88. The lowest BCUT2D eigenvalue weighted by Crippen LogP contribution is -2.43. The van der Waals surface area contributed by atoms with E-state index in [0.29, 0.717) is 18.0 Å². The van der Waals surface area contributed by atoms with Crippen LogP contribution in [-0.2, 0) is 0 Å². The molecule has 2 heteroatoms. The van der Waals surface area contributed by atoms with Gasteiger partial charge in [-0.3, -0.25) is 0 Å². The summed E-state index contributed by atoms with van der Waals surface area (Å²) in [4.78, 5) is 2.25. The normalized spacial score (nSPS) is 15.2. The molecule has 1 aromatic carbocycles. The monoisotopic (exact) mass is 234 g/mol. The summed E-state index contributed by atoms with van der Waals surface area (Å²) >= 11 is 0. The first-order chi connectivity index (χ1) is 8.00. The molecule has 0 aromatic heterocycles. The second kappa shape index (κ2) is 6.77. The van der Waals surface area contributed by atoms with Crippen molar-refractivity contribution in [1.82, 2.24) is 10.2 Å². The number of nitrogens with one attached hydrogen (secondary N) is 1. The fourth-order valence-electron chi connectivity index (χ4n) is 2.01. The molecule has 1 rings (SSSR count). The summed E-state index contributed by atoms with van der Waals surface area (Å²) < 4.78 is 0. The van der Waals surface area contributed by atoms with Crippen LogP contribution in [0.3, 0.4) is 0 Å². The first-order valence-corrected chi connectivity index (χ1v) is 6.46. The van der Waals surface area contributed by atoms with Gasteiger partial charge in [-0.25, -0.2) is 0 Å². The average molecular weight is 234 g/mol. The van der Waals surface area contributed by atoms with E-state index in [1.54, 1.807) is 0 Å². The molecule has 0 aliphatic heterocycles. The first-order valence-electron chi connectivity index (χ1n) is 6.46. The molecule has 1 N–H and O–H groups in total. The van der Waals surface area contributed by atoms with Gasteiger partial charge in [0.05, 0.1) is 0 Å². The Hall–Kier alpha value is -0.860. The zero-order valence-corrected chi connectivity index (χ0v) is 11.8. The van der Waals surface area contributed by atoms with Crippen LogP contribution >= 0.6 is 0 Å². The third-order valence-electron chi connectivity index (χ3n) is 3.13. The fourth-order valence-corrected chi connectivity index (χ4v) is 2.01. The number of nitrogens with zero attached hydrogens (tertiary/aromatic N) is 1. The molecule has 1 aromatic rings. The lowest BCUT2D eigenvalue weighted by Gasteiger charge is -2.29. The topological polar surface area (TPSA) is 15.3 Å². The smallest absolute Gasteiger partial charge is 0.0294 e. The van der Waals surface area contributed by atoms with E-state index in [1.165, 1.54) is 5.56 Å². The van der Waals surface area contributed by atoms with E-state index in [2.05, 4.69) is 75.4 Å². The van der Waals surface area contributed by atoms with Crippen LogP contribution in [0.15, 0.2) is 30.3 Å². The van der Waals surface area contributed by atoms with E-state index in [1.807, 2.05) is 0 Å². The van der Waals surface area contributed by atoms with Crippen molar-refractivity contribution in [3.63, 3.8) is 0 Å². The van der Waals surface area contributed by atoms with Crippen LogP contribution in [0.2, 0.25) is 0 Å². The van der Waals surface area contributed by atoms with Gasteiger partial charge >= 0.3 is 0 Å². The SMILES string of the molecule is CC(NC(CN(C)C)C(C)C)c1ccccc1. The third-order valence-corrected chi connectivity index (χ3v) is 3.13. The summed E-state index contributed by atoms with van der Waals surface area (Å²) in [6.45, 7) is 7.87. The van der Waals surface area contributed by atoms with Crippen LogP contribution in [-0.4, -0.2) is 31.6 Å². The minimum absolute atomic E-state index is 0.406. The molecule has 17 heavy (non-hydrogen) atoms. The zero-order valence-electron chi connectivity index (χ0n) is 11.8. The van der Waals surface area contributed by atoms with E-state index < -0.39 is 0 Å². The van der Waals surface area contributed by atoms with E-state index in [0.717, 1.165) is 6.54 Å². The van der Waals surface area contributed by atoms with Gasteiger partial charge in [0.15, 0.2) is 0 Å². The molecule has 0 saturated heterocycles. The van der Waals surface area contributed by atoms with Crippen LogP contribution < -0.4 is 5.32 Å². The van der Waals surface area contributed by atoms with Crippen molar-refractivity contribution in [2.45, 2.75) is 32.9 Å². The number of hydrogen-bond donors (Lipinski definition) is 1. The maximum absolute atomic E-state index is 3.72. The van der Waals surface area contributed by atoms with Gasteiger partial charge in [-0.1, -0.05) is 44.2 Å². The van der Waals surface area contributed by atoms with Crippen LogP contribution in [0.1, 0.15) is 32.4 Å². The van der Waals surface area contributed by atoms with Crippen molar-refractivity contribution in [2.24, 2.45) is 5.92 Å². The molecule has 0 fully saturated rings. The van der Waals surface area contributed by atoms with Crippen LogP contribution in [0.5, 0.6) is 0 Å². The quantitative estimate of drug-likeness (QED) is 0.814. The van der Waals surface area contributed by atoms with Crippen LogP contribution in [0.4, 0.5) is 0 Å². The molecule has 2 nitrogen and oxygen atoms in total. The fraction of sp³-hybridized carbons (Fsp3) is 0.600. The molecule has 96 valence electrons. The highest BCUT2D eigenvalue weighted by molar-refractivity contribution is 5.18. The maximum atomic E-state index is 3.72. The molecular weight excluding hydrogens is 208 g/mol. The van der Waals surface area contributed by atoms with Gasteiger partial charge in [-0.15, -0.1) is 0 Å². The van der Waals surface area contributed by atoms with Crippen molar-refractivity contribution in [2.75, 3.05) is 20.6 Å². The standard InChI is InChI=1S/C15H26N2/c1-12(2)15(11-17(4)5)16-13(3)14-9-7-6-8-10-14/h6-10,12-13,15-16H,11H2,1-5H3. The second-order valence-corrected chi connectivity index (χ2v) is 5.41. The van der Waals surface area contributed by atoms with Crippen molar-refractivity contribution in [3.05, 3.63) is 35.9 Å². The Labute approximate surface area is 106 Å². The molecule has 2 unspecified atom stereocenters. The van der Waals surface area contributed by atoms with Gasteiger partial charge in [0, 0.05) is 18.6 Å². The van der Waals surface area contributed by atoms with Crippen LogP contribution in [0, 0.1) is 5.92 Å². The van der Waals surface area contributed by atoms with Crippen molar-refractivity contribution in [3.8, 4) is 0 Å². The summed E-state index contributed by atoms with van der Waals surface area (Å²) in [5.74, 6) is 0.642. The highest BCUT2D eigenvalue weighted by atomic mass is 15.1. The number of hydrogen-bond acceptors (Lipinski definition) is 2. The Balaban J connectivity index is 2.61. The van der Waals surface area contributed by atoms with E-state index >= 15 is 0 Å². The van der Waals surface area contributed by atoms with Crippen molar-refractivity contribution in [1.29, 1.82) is 0 Å². The van der Waals surface area contributed by atoms with E-state index in [4.69, 9.17) is 0 Å². The number of rotatable bonds is 6. The summed E-state index contributed by atoms with van der Waals surface area (Å²) in [6.07, 6.45) is 0. The predicted molar refractivity (Wildman–Crippen MR) is 75.2 cm³/mol. The molecule has 2 atom stereocenters. The van der Waals surface area contributed by atoms with Gasteiger partial charge in [-0.05, 0) is 32.5 Å². The number of likely N-dealkylation sites (N-methyl/N-ethyl adjacent to an activating group) is 1. The highest BCUT2D eigenvalue weighted by Gasteiger charge is 2.17. The van der Waals surface area contributed by atoms with E-state index in [-0.39, 0.29) is 0 Å². The average Bonchev–Trinajstić information content (AvgIpc) is 2.28. The molecule has 0 bridgehead atoms. The second-order valence-electron chi connectivity index (χ2n) is 5.41. The largest absolute Gasteiger partial charge is 0.308 e. The maximum Gasteiger partial charge on any atom is 0.0294 e. The molecule has 0 heterocycles. The predicted octanol–water partition coefficient (Wildman–Crippen LogP) is 2.92. The minimum atomic E-state index is 0.406. The molecule has 0 aliphatic rings. The lowest BCUT2D eigenvalue weighted by molar-refractivity contribution is 0.273. The molecule has 0 radical (unpaired) electrons. The van der Waals surface area contributed by atoms with Crippen LogP contribution in [0.25, 0.3) is 0 Å². The molecule has 0 saturated carbocycles. The Morgan fingerprint density at radius 3 is 2.12 bits per heavy atom. The Kier molecular flexibility index (Phi) is 5.66. The number of benzene rings is 1. The Morgan fingerprint density at radius 2 is 1.65 bits per heavy atom. The van der Waals surface area contributed by atoms with E-state index in [9.17, 15) is 0 Å². The van der Waals surface area contributed by atoms with Gasteiger partial charge < -0.3 is 10.2 Å². The summed E-state index contributed by atoms with van der Waals surface area (Å²) in [6, 6.07) is 11.6. The summed E-state index contributed by atoms with van der Waals surface area (Å²) in [7, 11) is 4.26. The highest BCUT2D eigenvalue weighted by Crippen LogP contribution is 2.14. The Bertz CT molecular complexity index is 306. The molecule has 0 spiro atoms. The zero-order chi connectivity index (χ0) is 12.8. The molecular formula is C15H26N2. The van der Waals surface area contributed by atoms with Gasteiger partial charge in [-0.2, -0.15) is 0 Å². The lowest BCUT2D eigenvalue weighted by atomic mass is 10.0.